The molecule has 0 spiro atoms. The molecule has 0 aromatic heterocycles. The quantitative estimate of drug-likeness (QED) is 0.390. The molecule has 0 aliphatic carbocycles. The lowest BCUT2D eigenvalue weighted by atomic mass is 10.3. The molecule has 8 heteroatoms. The Labute approximate surface area is 144 Å². The molecule has 0 aliphatic rings. The second kappa shape index (κ2) is 10.0. The van der Waals surface area contributed by atoms with Crippen molar-refractivity contribution in [3.05, 3.63) is 24.3 Å². The van der Waals surface area contributed by atoms with Gasteiger partial charge < -0.3 is 20.1 Å². The molecule has 0 amide bonds. The minimum Gasteiger partial charge on any atom is -0.497 e. The summed E-state index contributed by atoms with van der Waals surface area (Å²) in [6, 6.07) is 7.43. The highest BCUT2D eigenvalue weighted by Crippen LogP contribution is 2.19. The van der Waals surface area contributed by atoms with Gasteiger partial charge in [-0.1, -0.05) is 6.07 Å². The largest absolute Gasteiger partial charge is 0.497 e. The Balaban J connectivity index is 2.34. The minimum atomic E-state index is -2.93. The molecule has 1 aromatic carbocycles. The molecule has 1 atom stereocenters. The first kappa shape index (κ1) is 20.1. The standard InChI is InChI=1S/C16H27N3O4S/c1-13(23-15-8-5-7-14(11-15)22-3)12-19-16(17-2)18-9-6-10-24(4,20)21/h5,7-8,11,13H,6,9-10,12H2,1-4H3,(H2,17,18,19). The maximum atomic E-state index is 11.1. The Morgan fingerprint density at radius 2 is 2.00 bits per heavy atom. The zero-order valence-electron chi connectivity index (χ0n) is 14.7. The van der Waals surface area contributed by atoms with Crippen LogP contribution in [0.1, 0.15) is 13.3 Å². The highest BCUT2D eigenvalue weighted by atomic mass is 32.2. The lowest BCUT2D eigenvalue weighted by molar-refractivity contribution is 0.223. The maximum absolute atomic E-state index is 11.1. The van der Waals surface area contributed by atoms with Crippen LogP contribution in [-0.4, -0.2) is 59.7 Å². The van der Waals surface area contributed by atoms with Crippen LogP contribution in [0.4, 0.5) is 0 Å². The van der Waals surface area contributed by atoms with Gasteiger partial charge in [-0.3, -0.25) is 4.99 Å². The number of guanidine groups is 1. The van der Waals surface area contributed by atoms with Crippen molar-refractivity contribution < 1.29 is 17.9 Å². The van der Waals surface area contributed by atoms with Crippen LogP contribution in [0.3, 0.4) is 0 Å². The molecule has 2 N–H and O–H groups in total. The Bertz CT molecular complexity index is 632. The first-order valence-corrected chi connectivity index (χ1v) is 9.83. The van der Waals surface area contributed by atoms with Gasteiger partial charge in [0, 0.05) is 25.9 Å². The molecule has 136 valence electrons. The third-order valence-electron chi connectivity index (χ3n) is 3.14. The molecule has 7 nitrogen and oxygen atoms in total. The number of hydrogen-bond donors (Lipinski definition) is 2. The van der Waals surface area contributed by atoms with Gasteiger partial charge in [0.1, 0.15) is 27.4 Å². The summed E-state index contributed by atoms with van der Waals surface area (Å²) in [5.41, 5.74) is 0. The summed E-state index contributed by atoms with van der Waals surface area (Å²) in [5, 5.41) is 6.23. The van der Waals surface area contributed by atoms with Crippen LogP contribution in [0.15, 0.2) is 29.3 Å². The fourth-order valence-electron chi connectivity index (χ4n) is 1.95. The first-order valence-electron chi connectivity index (χ1n) is 7.77. The molecule has 0 fully saturated rings. The number of ether oxygens (including phenoxy) is 2. The van der Waals surface area contributed by atoms with Crippen LogP contribution >= 0.6 is 0 Å². The van der Waals surface area contributed by atoms with E-state index in [1.54, 1.807) is 14.2 Å². The van der Waals surface area contributed by atoms with Crippen molar-refractivity contribution in [1.29, 1.82) is 0 Å². The van der Waals surface area contributed by atoms with Crippen LogP contribution < -0.4 is 20.1 Å². The van der Waals surface area contributed by atoms with Gasteiger partial charge in [-0.05, 0) is 25.5 Å². The molecule has 0 bridgehead atoms. The summed E-state index contributed by atoms with van der Waals surface area (Å²) in [7, 11) is 0.355. The summed E-state index contributed by atoms with van der Waals surface area (Å²) in [4.78, 5) is 4.10. The van der Waals surface area contributed by atoms with E-state index in [4.69, 9.17) is 9.47 Å². The molecular formula is C16H27N3O4S. The van der Waals surface area contributed by atoms with Crippen molar-refractivity contribution >= 4 is 15.8 Å². The summed E-state index contributed by atoms with van der Waals surface area (Å²) in [6.07, 6.45) is 1.69. The van der Waals surface area contributed by atoms with Crippen molar-refractivity contribution in [2.75, 3.05) is 39.3 Å². The SMILES string of the molecule is CN=C(NCCCS(C)(=O)=O)NCC(C)Oc1cccc(OC)c1. The van der Waals surface area contributed by atoms with Crippen molar-refractivity contribution in [3.8, 4) is 11.5 Å². The van der Waals surface area contributed by atoms with E-state index in [1.807, 2.05) is 31.2 Å². The third kappa shape index (κ3) is 8.61. The number of nitrogens with zero attached hydrogens (tertiary/aromatic N) is 1. The van der Waals surface area contributed by atoms with E-state index in [1.165, 1.54) is 6.26 Å². The molecule has 0 saturated heterocycles. The van der Waals surface area contributed by atoms with Gasteiger partial charge in [-0.15, -0.1) is 0 Å². The predicted octanol–water partition coefficient (Wildman–Crippen LogP) is 1.06. The van der Waals surface area contributed by atoms with Gasteiger partial charge in [0.2, 0.25) is 0 Å². The second-order valence-electron chi connectivity index (χ2n) is 5.47. The highest BCUT2D eigenvalue weighted by Gasteiger charge is 2.07. The van der Waals surface area contributed by atoms with E-state index in [9.17, 15) is 8.42 Å². The zero-order chi connectivity index (χ0) is 18.0. The summed E-state index contributed by atoms with van der Waals surface area (Å²) in [5.74, 6) is 2.26. The third-order valence-corrected chi connectivity index (χ3v) is 4.17. The topological polar surface area (TPSA) is 89.0 Å². The van der Waals surface area contributed by atoms with Crippen molar-refractivity contribution in [2.45, 2.75) is 19.4 Å². The Morgan fingerprint density at radius 1 is 1.29 bits per heavy atom. The minimum absolute atomic E-state index is 0.0772. The van der Waals surface area contributed by atoms with Crippen LogP contribution in [0.2, 0.25) is 0 Å². The number of benzene rings is 1. The Kier molecular flexibility index (Phi) is 8.39. The molecule has 1 rings (SSSR count). The van der Waals surface area contributed by atoms with Crippen LogP contribution in [0, 0.1) is 0 Å². The van der Waals surface area contributed by atoms with E-state index >= 15 is 0 Å². The van der Waals surface area contributed by atoms with E-state index in [2.05, 4.69) is 15.6 Å². The number of aliphatic imine (C=N–C) groups is 1. The van der Waals surface area contributed by atoms with Crippen LogP contribution in [-0.2, 0) is 9.84 Å². The van der Waals surface area contributed by atoms with E-state index < -0.39 is 9.84 Å². The van der Waals surface area contributed by atoms with Crippen molar-refractivity contribution in [3.63, 3.8) is 0 Å². The fraction of sp³-hybridized carbons (Fsp3) is 0.562. The summed E-state index contributed by atoms with van der Waals surface area (Å²) >= 11 is 0. The molecule has 0 radical (unpaired) electrons. The molecule has 24 heavy (non-hydrogen) atoms. The molecule has 1 aromatic rings. The first-order chi connectivity index (χ1) is 11.3. The number of rotatable bonds is 9. The number of methoxy groups -OCH3 is 1. The average Bonchev–Trinajstić information content (AvgIpc) is 2.53. The highest BCUT2D eigenvalue weighted by molar-refractivity contribution is 7.90. The van der Waals surface area contributed by atoms with Gasteiger partial charge in [0.05, 0.1) is 19.4 Å². The lowest BCUT2D eigenvalue weighted by Crippen LogP contribution is -2.42. The normalized spacial score (nSPS) is 13.2. The van der Waals surface area contributed by atoms with Gasteiger partial charge in [-0.2, -0.15) is 0 Å². The molecule has 0 saturated carbocycles. The fourth-order valence-corrected chi connectivity index (χ4v) is 2.62. The Morgan fingerprint density at radius 3 is 2.62 bits per heavy atom. The predicted molar refractivity (Wildman–Crippen MR) is 96.8 cm³/mol. The van der Waals surface area contributed by atoms with E-state index in [0.717, 1.165) is 11.5 Å². The maximum Gasteiger partial charge on any atom is 0.191 e. The number of sulfone groups is 1. The summed E-state index contributed by atoms with van der Waals surface area (Å²) in [6.45, 7) is 3.05. The average molecular weight is 357 g/mol. The van der Waals surface area contributed by atoms with Crippen LogP contribution in [0.5, 0.6) is 11.5 Å². The van der Waals surface area contributed by atoms with Gasteiger partial charge in [-0.25, -0.2) is 8.42 Å². The van der Waals surface area contributed by atoms with Gasteiger partial charge in [0.25, 0.3) is 0 Å². The zero-order valence-corrected chi connectivity index (χ0v) is 15.5. The molecule has 0 heterocycles. The van der Waals surface area contributed by atoms with Gasteiger partial charge >= 0.3 is 0 Å². The molecule has 0 aliphatic heterocycles. The van der Waals surface area contributed by atoms with E-state index in [0.29, 0.717) is 25.5 Å². The lowest BCUT2D eigenvalue weighted by Gasteiger charge is -2.18. The Hall–Kier alpha value is -1.96. The van der Waals surface area contributed by atoms with Crippen molar-refractivity contribution in [1.82, 2.24) is 10.6 Å². The van der Waals surface area contributed by atoms with Crippen molar-refractivity contribution in [2.24, 2.45) is 4.99 Å². The van der Waals surface area contributed by atoms with Crippen LogP contribution in [0.25, 0.3) is 0 Å². The number of nitrogens with one attached hydrogen (secondary N) is 2. The van der Waals surface area contributed by atoms with Gasteiger partial charge in [0.15, 0.2) is 5.96 Å². The monoisotopic (exact) mass is 357 g/mol. The summed E-state index contributed by atoms with van der Waals surface area (Å²) < 4.78 is 33.1. The number of hydrogen-bond acceptors (Lipinski definition) is 5. The molecular weight excluding hydrogens is 330 g/mol. The smallest absolute Gasteiger partial charge is 0.191 e. The van der Waals surface area contributed by atoms with E-state index in [-0.39, 0.29) is 11.9 Å². The second-order valence-corrected chi connectivity index (χ2v) is 7.73. The molecule has 1 unspecified atom stereocenters.